The van der Waals surface area contributed by atoms with Gasteiger partial charge in [0.15, 0.2) is 16.7 Å². The van der Waals surface area contributed by atoms with Gasteiger partial charge in [0.2, 0.25) is 0 Å². The summed E-state index contributed by atoms with van der Waals surface area (Å²) in [4.78, 5) is 20.2. The number of rotatable bonds is 8. The van der Waals surface area contributed by atoms with Crippen molar-refractivity contribution in [3.8, 4) is 11.5 Å². The Morgan fingerprint density at radius 1 is 1.13 bits per heavy atom. The van der Waals surface area contributed by atoms with E-state index in [9.17, 15) is 4.79 Å². The molecule has 0 bridgehead atoms. The van der Waals surface area contributed by atoms with E-state index in [2.05, 4.69) is 20.8 Å². The van der Waals surface area contributed by atoms with Gasteiger partial charge < -0.3 is 9.47 Å². The number of amidine groups is 1. The summed E-state index contributed by atoms with van der Waals surface area (Å²) in [6.45, 7) is 7.52. The number of thioether (sulfide) groups is 1. The minimum atomic E-state index is -0.0198. The summed E-state index contributed by atoms with van der Waals surface area (Å²) < 4.78 is 11.2. The summed E-state index contributed by atoms with van der Waals surface area (Å²) in [7, 11) is 1.62. The van der Waals surface area contributed by atoms with Crippen molar-refractivity contribution < 1.29 is 14.3 Å². The zero-order valence-electron chi connectivity index (χ0n) is 17.9. The lowest BCUT2D eigenvalue weighted by molar-refractivity contribution is -0.122. The molecule has 0 aromatic heterocycles. The molecule has 1 fully saturated rings. The second-order valence-corrected chi connectivity index (χ2v) is 8.42. The van der Waals surface area contributed by atoms with Crippen molar-refractivity contribution in [2.75, 3.05) is 20.3 Å². The number of hydrogen-bond acceptors (Lipinski definition) is 5. The average molecular weight is 425 g/mol. The van der Waals surface area contributed by atoms with Crippen LogP contribution in [0.5, 0.6) is 11.5 Å². The van der Waals surface area contributed by atoms with Crippen molar-refractivity contribution in [1.29, 1.82) is 0 Å². The standard InChI is InChI=1S/C24H28N2O3S/c1-5-13-29-20-12-11-18(14-21(20)28-4)15-22-23(27)26(16-17(2)3)24(30-22)25-19-9-7-6-8-10-19/h6-12,14-15,17H,5,13,16H2,1-4H3/b22-15+,25-24?. The first-order valence-electron chi connectivity index (χ1n) is 10.2. The van der Waals surface area contributed by atoms with Gasteiger partial charge >= 0.3 is 0 Å². The van der Waals surface area contributed by atoms with E-state index in [-0.39, 0.29) is 5.91 Å². The molecular weight excluding hydrogens is 396 g/mol. The number of amides is 1. The lowest BCUT2D eigenvalue weighted by Crippen LogP contribution is -2.32. The predicted octanol–water partition coefficient (Wildman–Crippen LogP) is 5.74. The molecule has 2 aromatic carbocycles. The molecule has 1 heterocycles. The largest absolute Gasteiger partial charge is 0.493 e. The molecule has 0 spiro atoms. The van der Waals surface area contributed by atoms with Gasteiger partial charge in [0.1, 0.15) is 0 Å². The molecule has 158 valence electrons. The van der Waals surface area contributed by atoms with Gasteiger partial charge in [-0.3, -0.25) is 9.69 Å². The highest BCUT2D eigenvalue weighted by molar-refractivity contribution is 8.18. The fourth-order valence-corrected chi connectivity index (χ4v) is 3.99. The maximum absolute atomic E-state index is 13.1. The number of hydrogen-bond donors (Lipinski definition) is 0. The Labute approximate surface area is 182 Å². The molecule has 1 aliphatic heterocycles. The Morgan fingerprint density at radius 3 is 2.57 bits per heavy atom. The Hall–Kier alpha value is -2.73. The van der Waals surface area contributed by atoms with Crippen molar-refractivity contribution in [1.82, 2.24) is 4.90 Å². The highest BCUT2D eigenvalue weighted by Gasteiger charge is 2.33. The van der Waals surface area contributed by atoms with E-state index < -0.39 is 0 Å². The zero-order chi connectivity index (χ0) is 21.5. The van der Waals surface area contributed by atoms with Crippen molar-refractivity contribution >= 4 is 34.6 Å². The molecule has 2 aromatic rings. The van der Waals surface area contributed by atoms with Crippen LogP contribution in [0.1, 0.15) is 32.8 Å². The molecule has 0 atom stereocenters. The molecule has 3 rings (SSSR count). The highest BCUT2D eigenvalue weighted by Crippen LogP contribution is 2.36. The van der Waals surface area contributed by atoms with Crippen LogP contribution in [0.15, 0.2) is 58.4 Å². The SMILES string of the molecule is CCCOc1ccc(/C=C2/SC(=Nc3ccccc3)N(CC(C)C)C2=O)cc1OC. The van der Waals surface area contributed by atoms with E-state index in [1.165, 1.54) is 11.8 Å². The number of para-hydroxylation sites is 1. The van der Waals surface area contributed by atoms with Gasteiger partial charge in [-0.25, -0.2) is 4.99 Å². The molecule has 1 amide bonds. The van der Waals surface area contributed by atoms with E-state index in [0.717, 1.165) is 17.7 Å². The van der Waals surface area contributed by atoms with Crippen molar-refractivity contribution in [2.45, 2.75) is 27.2 Å². The molecular formula is C24H28N2O3S. The predicted molar refractivity (Wildman–Crippen MR) is 124 cm³/mol. The number of nitrogens with zero attached hydrogens (tertiary/aromatic N) is 2. The minimum Gasteiger partial charge on any atom is -0.493 e. The Kier molecular flexibility index (Phi) is 7.57. The molecule has 0 radical (unpaired) electrons. The number of benzene rings is 2. The second kappa shape index (κ2) is 10.3. The van der Waals surface area contributed by atoms with Crippen LogP contribution in [0, 0.1) is 5.92 Å². The van der Waals surface area contributed by atoms with Crippen LogP contribution in [0.25, 0.3) is 6.08 Å². The third kappa shape index (κ3) is 5.45. The number of ether oxygens (including phenoxy) is 2. The van der Waals surface area contributed by atoms with Crippen LogP contribution in [-0.4, -0.2) is 36.2 Å². The molecule has 0 N–H and O–H groups in total. The fraction of sp³-hybridized carbons (Fsp3) is 0.333. The van der Waals surface area contributed by atoms with E-state index >= 15 is 0 Å². The maximum Gasteiger partial charge on any atom is 0.266 e. The van der Waals surface area contributed by atoms with Gasteiger partial charge in [-0.15, -0.1) is 0 Å². The number of carbonyl (C=O) groups excluding carboxylic acids is 1. The minimum absolute atomic E-state index is 0.0198. The van der Waals surface area contributed by atoms with Crippen molar-refractivity contribution in [3.05, 3.63) is 59.0 Å². The Balaban J connectivity index is 1.91. The number of aliphatic imine (C=N–C) groups is 1. The van der Waals surface area contributed by atoms with Crippen LogP contribution >= 0.6 is 11.8 Å². The van der Waals surface area contributed by atoms with E-state index in [0.29, 0.717) is 40.6 Å². The molecule has 30 heavy (non-hydrogen) atoms. The summed E-state index contributed by atoms with van der Waals surface area (Å²) >= 11 is 1.41. The van der Waals surface area contributed by atoms with Crippen molar-refractivity contribution in [3.63, 3.8) is 0 Å². The van der Waals surface area contributed by atoms with Crippen LogP contribution in [0.2, 0.25) is 0 Å². The average Bonchev–Trinajstić information content (AvgIpc) is 3.01. The molecule has 1 aliphatic rings. The van der Waals surface area contributed by atoms with Gasteiger partial charge in [0, 0.05) is 6.54 Å². The van der Waals surface area contributed by atoms with Gasteiger partial charge in [0.25, 0.3) is 5.91 Å². The van der Waals surface area contributed by atoms with E-state index in [4.69, 9.17) is 14.5 Å². The lowest BCUT2D eigenvalue weighted by Gasteiger charge is -2.17. The number of methoxy groups -OCH3 is 1. The number of carbonyl (C=O) groups is 1. The van der Waals surface area contributed by atoms with Gasteiger partial charge in [-0.2, -0.15) is 0 Å². The molecule has 1 saturated heterocycles. The summed E-state index contributed by atoms with van der Waals surface area (Å²) in [5.74, 6) is 1.68. The zero-order valence-corrected chi connectivity index (χ0v) is 18.7. The maximum atomic E-state index is 13.1. The summed E-state index contributed by atoms with van der Waals surface area (Å²) in [5.41, 5.74) is 1.72. The third-order valence-electron chi connectivity index (χ3n) is 4.36. The smallest absolute Gasteiger partial charge is 0.266 e. The Morgan fingerprint density at radius 2 is 1.90 bits per heavy atom. The third-order valence-corrected chi connectivity index (χ3v) is 5.37. The first-order valence-corrected chi connectivity index (χ1v) is 11.0. The van der Waals surface area contributed by atoms with Crippen molar-refractivity contribution in [2.24, 2.45) is 10.9 Å². The summed E-state index contributed by atoms with van der Waals surface area (Å²) in [6.07, 6.45) is 2.81. The molecule has 0 aliphatic carbocycles. The molecule has 5 nitrogen and oxygen atoms in total. The first kappa shape index (κ1) is 22.0. The summed E-state index contributed by atoms with van der Waals surface area (Å²) in [5, 5.41) is 0.709. The normalized spacial score (nSPS) is 16.7. The lowest BCUT2D eigenvalue weighted by atomic mass is 10.1. The Bertz CT molecular complexity index is 939. The molecule has 0 saturated carbocycles. The van der Waals surface area contributed by atoms with Crippen LogP contribution in [0.3, 0.4) is 0 Å². The summed E-state index contributed by atoms with van der Waals surface area (Å²) in [6, 6.07) is 15.4. The van der Waals surface area contributed by atoms with E-state index in [1.807, 2.05) is 54.6 Å². The topological polar surface area (TPSA) is 51.1 Å². The van der Waals surface area contributed by atoms with Gasteiger partial charge in [-0.1, -0.05) is 45.0 Å². The van der Waals surface area contributed by atoms with Gasteiger partial charge in [-0.05, 0) is 60.0 Å². The monoisotopic (exact) mass is 424 g/mol. The quantitative estimate of drug-likeness (QED) is 0.507. The molecule has 0 unspecified atom stereocenters. The van der Waals surface area contributed by atoms with Crippen LogP contribution in [0.4, 0.5) is 5.69 Å². The first-order chi connectivity index (χ1) is 14.5. The van der Waals surface area contributed by atoms with Gasteiger partial charge in [0.05, 0.1) is 24.3 Å². The van der Waals surface area contributed by atoms with Crippen LogP contribution < -0.4 is 9.47 Å². The van der Waals surface area contributed by atoms with Crippen LogP contribution in [-0.2, 0) is 4.79 Å². The fourth-order valence-electron chi connectivity index (χ4n) is 2.99. The second-order valence-electron chi connectivity index (χ2n) is 7.41. The van der Waals surface area contributed by atoms with E-state index in [1.54, 1.807) is 12.0 Å². The molecule has 6 heteroatoms. The highest BCUT2D eigenvalue weighted by atomic mass is 32.2.